The molecule has 0 bridgehead atoms. The second-order valence-corrected chi connectivity index (χ2v) is 4.80. The molecule has 0 saturated carbocycles. The molecule has 1 N–H and O–H groups in total. The fraction of sp³-hybridized carbons (Fsp3) is 0.333. The summed E-state index contributed by atoms with van der Waals surface area (Å²) in [6.07, 6.45) is -0.968. The molecule has 5 heteroatoms. The van der Waals surface area contributed by atoms with Crippen LogP contribution in [0.25, 0.3) is 11.0 Å². The van der Waals surface area contributed by atoms with E-state index < -0.39 is 12.1 Å². The average molecular weight is 276 g/mol. The van der Waals surface area contributed by atoms with Crippen LogP contribution in [0.15, 0.2) is 21.3 Å². The van der Waals surface area contributed by atoms with E-state index in [-0.39, 0.29) is 5.63 Å². The Balaban J connectivity index is 2.63. The number of carboxylic acid groups (broad SMARTS) is 1. The van der Waals surface area contributed by atoms with E-state index in [0.29, 0.717) is 22.5 Å². The van der Waals surface area contributed by atoms with Crippen LogP contribution in [0.3, 0.4) is 0 Å². The number of carboxylic acids is 1. The highest BCUT2D eigenvalue weighted by Crippen LogP contribution is 2.29. The Labute approximate surface area is 115 Å². The van der Waals surface area contributed by atoms with Gasteiger partial charge in [-0.25, -0.2) is 9.59 Å². The third-order valence-corrected chi connectivity index (χ3v) is 3.48. The third kappa shape index (κ3) is 2.27. The summed E-state index contributed by atoms with van der Waals surface area (Å²) in [5.41, 5.74) is 2.10. The first-order chi connectivity index (χ1) is 9.32. The Hall–Kier alpha value is -2.30. The van der Waals surface area contributed by atoms with Crippen molar-refractivity contribution in [3.8, 4) is 5.75 Å². The monoisotopic (exact) mass is 276 g/mol. The van der Waals surface area contributed by atoms with Crippen LogP contribution in [-0.2, 0) is 4.79 Å². The van der Waals surface area contributed by atoms with Crippen molar-refractivity contribution >= 4 is 16.9 Å². The Morgan fingerprint density at radius 1 is 1.20 bits per heavy atom. The number of aryl methyl sites for hydroxylation is 2. The lowest BCUT2D eigenvalue weighted by Crippen LogP contribution is -2.23. The molecule has 1 atom stereocenters. The molecule has 5 nitrogen and oxygen atoms in total. The Bertz CT molecular complexity index is 742. The number of hydrogen-bond acceptors (Lipinski definition) is 4. The minimum absolute atomic E-state index is 0.387. The normalized spacial score (nSPS) is 12.4. The van der Waals surface area contributed by atoms with Crippen molar-refractivity contribution in [2.24, 2.45) is 0 Å². The van der Waals surface area contributed by atoms with Crippen molar-refractivity contribution in [2.45, 2.75) is 33.8 Å². The third-order valence-electron chi connectivity index (χ3n) is 3.48. The van der Waals surface area contributed by atoms with Crippen molar-refractivity contribution in [3.63, 3.8) is 0 Å². The van der Waals surface area contributed by atoms with Crippen molar-refractivity contribution in [1.29, 1.82) is 0 Å². The highest BCUT2D eigenvalue weighted by molar-refractivity contribution is 5.85. The van der Waals surface area contributed by atoms with E-state index in [4.69, 9.17) is 14.3 Å². The summed E-state index contributed by atoms with van der Waals surface area (Å²) in [6.45, 7) is 6.76. The van der Waals surface area contributed by atoms with Gasteiger partial charge in [-0.05, 0) is 45.4 Å². The molecule has 0 radical (unpaired) electrons. The molecule has 1 aromatic carbocycles. The molecule has 0 aliphatic rings. The smallest absolute Gasteiger partial charge is 0.344 e. The van der Waals surface area contributed by atoms with Gasteiger partial charge in [0.25, 0.3) is 0 Å². The predicted molar refractivity (Wildman–Crippen MR) is 74.4 cm³/mol. The number of aliphatic carboxylic acids is 1. The van der Waals surface area contributed by atoms with Gasteiger partial charge in [0.1, 0.15) is 11.3 Å². The number of ether oxygens (including phenoxy) is 1. The largest absolute Gasteiger partial charge is 0.479 e. The summed E-state index contributed by atoms with van der Waals surface area (Å²) in [4.78, 5) is 22.6. The molecule has 1 heterocycles. The highest BCUT2D eigenvalue weighted by Gasteiger charge is 2.17. The molecule has 0 aliphatic carbocycles. The van der Waals surface area contributed by atoms with Crippen LogP contribution >= 0.6 is 0 Å². The molecule has 0 fully saturated rings. The van der Waals surface area contributed by atoms with Gasteiger partial charge in [-0.1, -0.05) is 0 Å². The lowest BCUT2D eigenvalue weighted by Gasteiger charge is -2.14. The van der Waals surface area contributed by atoms with Gasteiger partial charge in [0.05, 0.1) is 0 Å². The van der Waals surface area contributed by atoms with E-state index in [1.807, 2.05) is 6.92 Å². The zero-order valence-corrected chi connectivity index (χ0v) is 11.8. The van der Waals surface area contributed by atoms with Crippen LogP contribution in [0.2, 0.25) is 0 Å². The molecule has 0 unspecified atom stereocenters. The van der Waals surface area contributed by atoms with E-state index in [0.717, 1.165) is 10.9 Å². The first-order valence-corrected chi connectivity index (χ1v) is 6.26. The second-order valence-electron chi connectivity index (χ2n) is 4.80. The first kappa shape index (κ1) is 14.1. The second kappa shape index (κ2) is 5.00. The van der Waals surface area contributed by atoms with Crippen LogP contribution in [0.4, 0.5) is 0 Å². The summed E-state index contributed by atoms with van der Waals surface area (Å²) >= 11 is 0. The van der Waals surface area contributed by atoms with Gasteiger partial charge in [0.2, 0.25) is 0 Å². The van der Waals surface area contributed by atoms with Crippen LogP contribution in [-0.4, -0.2) is 17.2 Å². The molecule has 1 aromatic heterocycles. The number of benzene rings is 1. The van der Waals surface area contributed by atoms with Crippen molar-refractivity contribution in [1.82, 2.24) is 0 Å². The lowest BCUT2D eigenvalue weighted by atomic mass is 10.0. The Morgan fingerprint density at radius 2 is 1.85 bits per heavy atom. The van der Waals surface area contributed by atoms with Gasteiger partial charge in [0, 0.05) is 16.5 Å². The molecule has 20 heavy (non-hydrogen) atoms. The number of carbonyl (C=O) groups is 1. The zero-order chi connectivity index (χ0) is 15.0. The molecule has 0 spiro atoms. The fourth-order valence-corrected chi connectivity index (χ4v) is 1.99. The summed E-state index contributed by atoms with van der Waals surface area (Å²) in [5.74, 6) is -0.648. The summed E-state index contributed by atoms with van der Waals surface area (Å²) < 4.78 is 10.7. The molecule has 0 aliphatic heterocycles. The summed E-state index contributed by atoms with van der Waals surface area (Å²) in [7, 11) is 0. The molecular weight excluding hydrogens is 260 g/mol. The highest BCUT2D eigenvalue weighted by atomic mass is 16.5. The average Bonchev–Trinajstić information content (AvgIpc) is 2.40. The Morgan fingerprint density at radius 3 is 2.45 bits per heavy atom. The predicted octanol–water partition coefficient (Wildman–Crippen LogP) is 2.57. The molecule has 0 saturated heterocycles. The maximum absolute atomic E-state index is 11.7. The van der Waals surface area contributed by atoms with E-state index in [1.165, 1.54) is 6.92 Å². The van der Waals surface area contributed by atoms with Crippen molar-refractivity contribution in [3.05, 3.63) is 39.2 Å². The summed E-state index contributed by atoms with van der Waals surface area (Å²) in [5, 5.41) is 9.70. The van der Waals surface area contributed by atoms with Gasteiger partial charge in [-0.2, -0.15) is 0 Å². The standard InChI is InChI=1S/C15H16O5/c1-7-8(2)15(18)20-13-9(3)12(6-5-11(7)13)19-10(4)14(16)17/h5-6,10H,1-4H3,(H,16,17)/t10-/m1/s1. The first-order valence-electron chi connectivity index (χ1n) is 6.26. The zero-order valence-electron chi connectivity index (χ0n) is 11.8. The molecule has 106 valence electrons. The fourth-order valence-electron chi connectivity index (χ4n) is 1.99. The lowest BCUT2D eigenvalue weighted by molar-refractivity contribution is -0.144. The Kier molecular flexibility index (Phi) is 3.53. The van der Waals surface area contributed by atoms with Crippen molar-refractivity contribution < 1.29 is 19.1 Å². The maximum atomic E-state index is 11.7. The number of rotatable bonds is 3. The van der Waals surface area contributed by atoms with Gasteiger partial charge < -0.3 is 14.3 Å². The van der Waals surface area contributed by atoms with E-state index in [2.05, 4.69) is 0 Å². The minimum atomic E-state index is -1.05. The topological polar surface area (TPSA) is 76.7 Å². The van der Waals surface area contributed by atoms with Crippen LogP contribution in [0.1, 0.15) is 23.6 Å². The minimum Gasteiger partial charge on any atom is -0.479 e. The molecule has 0 amide bonds. The van der Waals surface area contributed by atoms with Gasteiger partial charge in [-0.15, -0.1) is 0 Å². The molecular formula is C15H16O5. The van der Waals surface area contributed by atoms with Gasteiger partial charge >= 0.3 is 11.6 Å². The van der Waals surface area contributed by atoms with E-state index in [1.54, 1.807) is 26.0 Å². The van der Waals surface area contributed by atoms with Crippen LogP contribution in [0, 0.1) is 20.8 Å². The van der Waals surface area contributed by atoms with Gasteiger partial charge in [0.15, 0.2) is 6.10 Å². The quantitative estimate of drug-likeness (QED) is 0.872. The van der Waals surface area contributed by atoms with Crippen LogP contribution in [0.5, 0.6) is 5.75 Å². The SMILES string of the molecule is Cc1c(C)c2ccc(O[C@H](C)C(=O)O)c(C)c2oc1=O. The van der Waals surface area contributed by atoms with Crippen LogP contribution < -0.4 is 10.4 Å². The van der Waals surface area contributed by atoms with E-state index in [9.17, 15) is 9.59 Å². The number of fused-ring (bicyclic) bond motifs is 1. The molecule has 2 rings (SSSR count). The molecule has 2 aromatic rings. The summed E-state index contributed by atoms with van der Waals surface area (Å²) in [6, 6.07) is 3.47. The van der Waals surface area contributed by atoms with E-state index >= 15 is 0 Å². The number of hydrogen-bond donors (Lipinski definition) is 1. The van der Waals surface area contributed by atoms with Gasteiger partial charge in [-0.3, -0.25) is 0 Å². The maximum Gasteiger partial charge on any atom is 0.344 e. The van der Waals surface area contributed by atoms with Crippen molar-refractivity contribution in [2.75, 3.05) is 0 Å².